The summed E-state index contributed by atoms with van der Waals surface area (Å²) in [6.45, 7) is 2.20. The molecule has 0 saturated carbocycles. The SMILES string of the molecule is CCCCCc1ccc(C2CCc3cc(C#Cc4cc(F)c(F)c(F)c4)c(F)cc3C2)cc1. The lowest BCUT2D eigenvalue weighted by atomic mass is 9.79. The number of hydrogen-bond donors (Lipinski definition) is 0. The second-order valence-electron chi connectivity index (χ2n) is 8.74. The molecule has 0 radical (unpaired) electrons. The highest BCUT2D eigenvalue weighted by atomic mass is 19.2. The van der Waals surface area contributed by atoms with Gasteiger partial charge in [-0.25, -0.2) is 17.6 Å². The van der Waals surface area contributed by atoms with E-state index >= 15 is 0 Å². The summed E-state index contributed by atoms with van der Waals surface area (Å²) in [5.74, 6) is 0.900. The average Bonchev–Trinajstić information content (AvgIpc) is 2.81. The first-order chi connectivity index (χ1) is 15.9. The lowest BCUT2D eigenvalue weighted by Gasteiger charge is -2.25. The monoisotopic (exact) mass is 450 g/mol. The first kappa shape index (κ1) is 23.1. The fourth-order valence-corrected chi connectivity index (χ4v) is 4.46. The van der Waals surface area contributed by atoms with Crippen LogP contribution in [-0.2, 0) is 19.3 Å². The number of rotatable bonds is 5. The summed E-state index contributed by atoms with van der Waals surface area (Å²) in [7, 11) is 0. The molecule has 1 atom stereocenters. The van der Waals surface area contributed by atoms with Crippen molar-refractivity contribution < 1.29 is 17.6 Å². The minimum atomic E-state index is -1.54. The number of halogens is 4. The lowest BCUT2D eigenvalue weighted by Crippen LogP contribution is -2.13. The average molecular weight is 451 g/mol. The van der Waals surface area contributed by atoms with Crippen LogP contribution in [-0.4, -0.2) is 0 Å². The molecule has 0 aliphatic heterocycles. The first-order valence-corrected chi connectivity index (χ1v) is 11.5. The van der Waals surface area contributed by atoms with Gasteiger partial charge in [0.1, 0.15) is 5.82 Å². The Morgan fingerprint density at radius 1 is 0.818 bits per heavy atom. The molecule has 1 aliphatic carbocycles. The van der Waals surface area contributed by atoms with Gasteiger partial charge in [-0.1, -0.05) is 55.9 Å². The molecular formula is C29H26F4. The molecule has 170 valence electrons. The minimum Gasteiger partial charge on any atom is -0.206 e. The van der Waals surface area contributed by atoms with Crippen LogP contribution in [0.4, 0.5) is 17.6 Å². The van der Waals surface area contributed by atoms with Crippen LogP contribution >= 0.6 is 0 Å². The summed E-state index contributed by atoms with van der Waals surface area (Å²) in [5, 5.41) is 0. The van der Waals surface area contributed by atoms with Crippen molar-refractivity contribution in [3.8, 4) is 11.8 Å². The third-order valence-electron chi connectivity index (χ3n) is 6.36. The van der Waals surface area contributed by atoms with Crippen molar-refractivity contribution >= 4 is 0 Å². The maximum Gasteiger partial charge on any atom is 0.194 e. The second kappa shape index (κ2) is 10.3. The molecule has 0 fully saturated rings. The number of fused-ring (bicyclic) bond motifs is 1. The van der Waals surface area contributed by atoms with Gasteiger partial charge in [-0.2, -0.15) is 0 Å². The normalized spacial score (nSPS) is 15.0. The molecule has 1 unspecified atom stereocenters. The van der Waals surface area contributed by atoms with Crippen LogP contribution in [0, 0.1) is 35.1 Å². The zero-order chi connectivity index (χ0) is 23.4. The van der Waals surface area contributed by atoms with Crippen LogP contribution in [0.25, 0.3) is 0 Å². The van der Waals surface area contributed by atoms with Crippen LogP contribution in [0.5, 0.6) is 0 Å². The van der Waals surface area contributed by atoms with E-state index in [1.165, 1.54) is 36.5 Å². The van der Waals surface area contributed by atoms with Crippen LogP contribution in [0.2, 0.25) is 0 Å². The molecular weight excluding hydrogens is 424 g/mol. The highest BCUT2D eigenvalue weighted by molar-refractivity contribution is 5.48. The van der Waals surface area contributed by atoms with E-state index in [1.807, 2.05) is 0 Å². The Morgan fingerprint density at radius 3 is 2.24 bits per heavy atom. The van der Waals surface area contributed by atoms with E-state index in [9.17, 15) is 17.6 Å². The molecule has 3 aromatic carbocycles. The highest BCUT2D eigenvalue weighted by Crippen LogP contribution is 2.34. The third-order valence-corrected chi connectivity index (χ3v) is 6.36. The maximum atomic E-state index is 14.7. The molecule has 0 N–H and O–H groups in total. The van der Waals surface area contributed by atoms with Crippen LogP contribution in [0.15, 0.2) is 48.5 Å². The fourth-order valence-electron chi connectivity index (χ4n) is 4.46. The summed E-state index contributed by atoms with van der Waals surface area (Å²) in [6, 6.07) is 13.7. The van der Waals surface area contributed by atoms with Crippen molar-refractivity contribution in [2.24, 2.45) is 0 Å². The molecule has 0 spiro atoms. The molecule has 33 heavy (non-hydrogen) atoms. The van der Waals surface area contributed by atoms with Gasteiger partial charge in [0.05, 0.1) is 5.56 Å². The maximum absolute atomic E-state index is 14.7. The summed E-state index contributed by atoms with van der Waals surface area (Å²) in [6.07, 6.45) is 7.32. The summed E-state index contributed by atoms with van der Waals surface area (Å²) in [5.41, 5.74) is 4.79. The Labute approximate surface area is 192 Å². The standard InChI is InChI=1S/C29H26F4/c1-2-3-4-5-19-6-9-21(10-7-19)22-12-13-23-16-24(26(30)18-25(23)17-22)11-8-20-14-27(31)29(33)28(32)15-20/h6-7,9-10,14-16,18,22H,2-5,12-13,17H2,1H3. The van der Waals surface area contributed by atoms with Crippen LogP contribution in [0.1, 0.15) is 71.9 Å². The predicted molar refractivity (Wildman–Crippen MR) is 123 cm³/mol. The first-order valence-electron chi connectivity index (χ1n) is 11.5. The largest absolute Gasteiger partial charge is 0.206 e. The van der Waals surface area contributed by atoms with Crippen LogP contribution < -0.4 is 0 Å². The van der Waals surface area contributed by atoms with E-state index in [0.29, 0.717) is 5.92 Å². The molecule has 3 aromatic rings. The predicted octanol–water partition coefficient (Wildman–Crippen LogP) is 7.65. The number of unbranched alkanes of at least 4 members (excludes halogenated alkanes) is 2. The van der Waals surface area contributed by atoms with Gasteiger partial charge in [-0.3, -0.25) is 0 Å². The minimum absolute atomic E-state index is 0.0401. The second-order valence-corrected chi connectivity index (χ2v) is 8.74. The van der Waals surface area contributed by atoms with Gasteiger partial charge in [0.25, 0.3) is 0 Å². The van der Waals surface area contributed by atoms with E-state index in [2.05, 4.69) is 43.0 Å². The van der Waals surface area contributed by atoms with E-state index in [0.717, 1.165) is 48.9 Å². The number of hydrogen-bond acceptors (Lipinski definition) is 0. The van der Waals surface area contributed by atoms with Crippen LogP contribution in [0.3, 0.4) is 0 Å². The van der Waals surface area contributed by atoms with E-state index in [4.69, 9.17) is 0 Å². The topological polar surface area (TPSA) is 0 Å². The van der Waals surface area contributed by atoms with Crippen molar-refractivity contribution in [3.63, 3.8) is 0 Å². The smallest absolute Gasteiger partial charge is 0.194 e. The molecule has 4 heteroatoms. The molecule has 4 rings (SSSR count). The lowest BCUT2D eigenvalue weighted by molar-refractivity contribution is 0.446. The molecule has 0 aromatic heterocycles. The van der Waals surface area contributed by atoms with Gasteiger partial charge in [-0.15, -0.1) is 0 Å². The molecule has 0 saturated heterocycles. The summed E-state index contributed by atoms with van der Waals surface area (Å²) >= 11 is 0. The Kier molecular flexibility index (Phi) is 7.18. The van der Waals surface area contributed by atoms with Gasteiger partial charge >= 0.3 is 0 Å². The Bertz CT molecular complexity index is 1180. The van der Waals surface area contributed by atoms with Gasteiger partial charge in [0.2, 0.25) is 0 Å². The molecule has 1 aliphatic rings. The Morgan fingerprint density at radius 2 is 1.55 bits per heavy atom. The zero-order valence-electron chi connectivity index (χ0n) is 18.7. The van der Waals surface area contributed by atoms with Crippen molar-refractivity contribution in [1.29, 1.82) is 0 Å². The number of benzene rings is 3. The molecule has 0 bridgehead atoms. The number of aryl methyl sites for hydroxylation is 2. The van der Waals surface area contributed by atoms with E-state index in [-0.39, 0.29) is 11.1 Å². The fraction of sp³-hybridized carbons (Fsp3) is 0.310. The highest BCUT2D eigenvalue weighted by Gasteiger charge is 2.22. The Hall–Kier alpha value is -3.06. The van der Waals surface area contributed by atoms with Gasteiger partial charge in [0.15, 0.2) is 17.5 Å². The summed E-state index contributed by atoms with van der Waals surface area (Å²) in [4.78, 5) is 0. The zero-order valence-corrected chi connectivity index (χ0v) is 18.7. The van der Waals surface area contributed by atoms with Gasteiger partial charge in [0, 0.05) is 5.56 Å². The van der Waals surface area contributed by atoms with Gasteiger partial charge in [-0.05, 0) is 84.5 Å². The third kappa shape index (κ3) is 5.47. The molecule has 0 nitrogen and oxygen atoms in total. The van der Waals surface area contributed by atoms with Crippen molar-refractivity contribution in [2.75, 3.05) is 0 Å². The van der Waals surface area contributed by atoms with E-state index in [1.54, 1.807) is 6.07 Å². The van der Waals surface area contributed by atoms with E-state index < -0.39 is 23.3 Å². The Balaban J connectivity index is 1.49. The van der Waals surface area contributed by atoms with Crippen molar-refractivity contribution in [2.45, 2.75) is 57.8 Å². The summed E-state index contributed by atoms with van der Waals surface area (Å²) < 4.78 is 54.6. The van der Waals surface area contributed by atoms with Crippen molar-refractivity contribution in [1.82, 2.24) is 0 Å². The molecule has 0 heterocycles. The van der Waals surface area contributed by atoms with Gasteiger partial charge < -0.3 is 0 Å². The quantitative estimate of drug-likeness (QED) is 0.162. The van der Waals surface area contributed by atoms with Crippen molar-refractivity contribution in [3.05, 3.63) is 105 Å². The molecule has 0 amide bonds.